The Balaban J connectivity index is 1.81. The zero-order valence-electron chi connectivity index (χ0n) is 15.8. The molecule has 0 aromatic heterocycles. The lowest BCUT2D eigenvalue weighted by molar-refractivity contribution is 0.0693. The molecule has 3 N–H and O–H groups in total. The van der Waals surface area contributed by atoms with Crippen LogP contribution in [-0.2, 0) is 10.0 Å². The number of anilines is 2. The van der Waals surface area contributed by atoms with Gasteiger partial charge in [-0.05, 0) is 67.6 Å². The smallest absolute Gasteiger partial charge is 0.339 e. The molecule has 0 saturated carbocycles. The van der Waals surface area contributed by atoms with Crippen LogP contribution in [0, 0.1) is 12.8 Å². The van der Waals surface area contributed by atoms with Crippen molar-refractivity contribution in [2.24, 2.45) is 5.92 Å². The molecule has 0 atom stereocenters. The minimum atomic E-state index is -4.00. The van der Waals surface area contributed by atoms with Crippen LogP contribution in [0.1, 0.15) is 35.7 Å². The van der Waals surface area contributed by atoms with Gasteiger partial charge in [-0.1, -0.05) is 6.92 Å². The van der Waals surface area contributed by atoms with Crippen LogP contribution < -0.4 is 9.62 Å². The summed E-state index contributed by atoms with van der Waals surface area (Å²) < 4.78 is 27.9. The van der Waals surface area contributed by atoms with E-state index in [1.165, 1.54) is 6.92 Å². The molecule has 150 valence electrons. The summed E-state index contributed by atoms with van der Waals surface area (Å²) in [5.41, 5.74) is 1.23. The highest BCUT2D eigenvalue weighted by Crippen LogP contribution is 2.28. The number of carboxylic acids is 1. The van der Waals surface area contributed by atoms with E-state index in [2.05, 4.69) is 16.5 Å². The number of hydrogen-bond donors (Lipinski definition) is 3. The van der Waals surface area contributed by atoms with Gasteiger partial charge in [0.25, 0.3) is 10.0 Å². The van der Waals surface area contributed by atoms with Crippen molar-refractivity contribution in [1.29, 1.82) is 0 Å². The number of carboxylic acid groups (broad SMARTS) is 1. The van der Waals surface area contributed by atoms with Crippen LogP contribution in [0.25, 0.3) is 0 Å². The van der Waals surface area contributed by atoms with Crippen LogP contribution in [0.15, 0.2) is 41.3 Å². The van der Waals surface area contributed by atoms with Gasteiger partial charge in [0.05, 0.1) is 4.90 Å². The van der Waals surface area contributed by atoms with Crippen molar-refractivity contribution in [3.63, 3.8) is 0 Å². The summed E-state index contributed by atoms with van der Waals surface area (Å²) in [5.74, 6) is -1.13. The molecule has 0 bridgehead atoms. The second kappa shape index (κ2) is 7.71. The normalized spacial score (nSPS) is 15.4. The number of nitrogens with one attached hydrogen (secondary N) is 1. The van der Waals surface area contributed by atoms with Crippen LogP contribution in [0.2, 0.25) is 0 Å². The minimum absolute atomic E-state index is 0.184. The Morgan fingerprint density at radius 2 is 1.75 bits per heavy atom. The third-order valence-electron chi connectivity index (χ3n) is 5.08. The van der Waals surface area contributed by atoms with Crippen molar-refractivity contribution in [1.82, 2.24) is 0 Å². The fraction of sp³-hybridized carbons (Fsp3) is 0.350. The highest BCUT2D eigenvalue weighted by atomic mass is 32.2. The maximum absolute atomic E-state index is 12.7. The van der Waals surface area contributed by atoms with Crippen LogP contribution in [0.5, 0.6) is 5.75 Å². The minimum Gasteiger partial charge on any atom is -0.507 e. The quantitative estimate of drug-likeness (QED) is 0.705. The van der Waals surface area contributed by atoms with Gasteiger partial charge in [0.15, 0.2) is 0 Å². The Kier molecular flexibility index (Phi) is 5.51. The highest BCUT2D eigenvalue weighted by molar-refractivity contribution is 7.92. The van der Waals surface area contributed by atoms with E-state index in [9.17, 15) is 18.3 Å². The van der Waals surface area contributed by atoms with Crippen molar-refractivity contribution >= 4 is 27.4 Å². The van der Waals surface area contributed by atoms with E-state index in [-0.39, 0.29) is 10.5 Å². The lowest BCUT2D eigenvalue weighted by Crippen LogP contribution is -2.32. The summed E-state index contributed by atoms with van der Waals surface area (Å²) in [7, 11) is -4.00. The fourth-order valence-corrected chi connectivity index (χ4v) is 4.66. The molecule has 7 nitrogen and oxygen atoms in total. The molecule has 28 heavy (non-hydrogen) atoms. The number of piperidine rings is 1. The second-order valence-corrected chi connectivity index (χ2v) is 8.91. The predicted molar refractivity (Wildman–Crippen MR) is 108 cm³/mol. The number of carbonyl (C=O) groups is 1. The van der Waals surface area contributed by atoms with Gasteiger partial charge in [-0.3, -0.25) is 4.72 Å². The second-order valence-electron chi connectivity index (χ2n) is 7.26. The van der Waals surface area contributed by atoms with Crippen molar-refractivity contribution < 1.29 is 23.4 Å². The zero-order valence-corrected chi connectivity index (χ0v) is 16.7. The number of aromatic hydroxyl groups is 1. The largest absolute Gasteiger partial charge is 0.507 e. The van der Waals surface area contributed by atoms with E-state index in [1.807, 2.05) is 12.1 Å². The lowest BCUT2D eigenvalue weighted by atomic mass is 9.99. The van der Waals surface area contributed by atoms with Gasteiger partial charge in [0, 0.05) is 24.5 Å². The van der Waals surface area contributed by atoms with E-state index in [4.69, 9.17) is 5.11 Å². The summed E-state index contributed by atoms with van der Waals surface area (Å²) >= 11 is 0. The summed E-state index contributed by atoms with van der Waals surface area (Å²) in [5, 5.41) is 18.8. The number of aromatic carboxylic acids is 1. The van der Waals surface area contributed by atoms with Gasteiger partial charge >= 0.3 is 5.97 Å². The Hall–Kier alpha value is -2.74. The summed E-state index contributed by atoms with van der Waals surface area (Å²) in [6.45, 7) is 5.71. The van der Waals surface area contributed by atoms with E-state index in [0.29, 0.717) is 5.69 Å². The Labute approximate surface area is 164 Å². The van der Waals surface area contributed by atoms with Crippen molar-refractivity contribution in [2.75, 3.05) is 22.7 Å². The molecule has 2 aromatic rings. The highest BCUT2D eigenvalue weighted by Gasteiger charge is 2.22. The number of benzene rings is 2. The molecular formula is C20H24N2O5S. The molecule has 1 heterocycles. The van der Waals surface area contributed by atoms with Gasteiger partial charge < -0.3 is 15.1 Å². The van der Waals surface area contributed by atoms with E-state index in [1.54, 1.807) is 12.1 Å². The average molecular weight is 404 g/mol. The topological polar surface area (TPSA) is 107 Å². The molecule has 0 amide bonds. The van der Waals surface area contributed by atoms with Crippen molar-refractivity contribution in [3.8, 4) is 5.75 Å². The number of phenols is 1. The van der Waals surface area contributed by atoms with Crippen molar-refractivity contribution in [3.05, 3.63) is 47.5 Å². The number of aryl methyl sites for hydroxylation is 1. The lowest BCUT2D eigenvalue weighted by Gasteiger charge is -2.32. The standard InChI is InChI=1S/C20H24N2O5S/c1-13-7-9-22(10-8-13)16-5-3-15(4-6-16)21-28(26,27)19-12-17(20(24)25)18(23)11-14(19)2/h3-6,11-13,21,23H,7-10H2,1-2H3,(H,24,25). The predicted octanol–water partition coefficient (Wildman–Crippen LogP) is 3.44. The Morgan fingerprint density at radius 3 is 2.32 bits per heavy atom. The maximum atomic E-state index is 12.7. The van der Waals surface area contributed by atoms with Gasteiger partial charge in [0.1, 0.15) is 11.3 Å². The first-order chi connectivity index (χ1) is 13.2. The molecule has 1 fully saturated rings. The molecular weight excluding hydrogens is 380 g/mol. The van der Waals surface area contributed by atoms with Gasteiger partial charge in [-0.2, -0.15) is 0 Å². The fourth-order valence-electron chi connectivity index (χ4n) is 3.35. The van der Waals surface area contributed by atoms with Crippen LogP contribution >= 0.6 is 0 Å². The first kappa shape index (κ1) is 20.0. The number of nitrogens with zero attached hydrogens (tertiary/aromatic N) is 1. The molecule has 8 heteroatoms. The summed E-state index contributed by atoms with van der Waals surface area (Å²) in [6.07, 6.45) is 2.28. The van der Waals surface area contributed by atoms with E-state index in [0.717, 1.165) is 49.7 Å². The van der Waals surface area contributed by atoms with Crippen LogP contribution in [0.4, 0.5) is 11.4 Å². The molecule has 0 unspecified atom stereocenters. The molecule has 0 radical (unpaired) electrons. The zero-order chi connectivity index (χ0) is 20.5. The summed E-state index contributed by atoms with van der Waals surface area (Å²) in [4.78, 5) is 13.3. The molecule has 1 aliphatic rings. The molecule has 1 saturated heterocycles. The van der Waals surface area contributed by atoms with Gasteiger partial charge in [0.2, 0.25) is 0 Å². The molecule has 3 rings (SSSR count). The molecule has 0 aliphatic carbocycles. The van der Waals surface area contributed by atoms with E-state index >= 15 is 0 Å². The first-order valence-electron chi connectivity index (χ1n) is 9.12. The first-order valence-corrected chi connectivity index (χ1v) is 10.6. The van der Waals surface area contributed by atoms with Gasteiger partial charge in [-0.25, -0.2) is 13.2 Å². The van der Waals surface area contributed by atoms with Crippen LogP contribution in [0.3, 0.4) is 0 Å². The summed E-state index contributed by atoms with van der Waals surface area (Å²) in [6, 6.07) is 9.25. The maximum Gasteiger partial charge on any atom is 0.339 e. The molecule has 0 spiro atoms. The van der Waals surface area contributed by atoms with Crippen molar-refractivity contribution in [2.45, 2.75) is 31.6 Å². The SMILES string of the molecule is Cc1cc(O)c(C(=O)O)cc1S(=O)(=O)Nc1ccc(N2CCC(C)CC2)cc1. The number of rotatable bonds is 5. The van der Waals surface area contributed by atoms with Crippen LogP contribution in [-0.4, -0.2) is 37.7 Å². The molecule has 1 aliphatic heterocycles. The number of sulfonamides is 1. The monoisotopic (exact) mass is 404 g/mol. The third-order valence-corrected chi connectivity index (χ3v) is 6.60. The average Bonchev–Trinajstić information content (AvgIpc) is 2.62. The third kappa shape index (κ3) is 4.22. The Morgan fingerprint density at radius 1 is 1.14 bits per heavy atom. The number of hydrogen-bond acceptors (Lipinski definition) is 5. The Bertz CT molecular complexity index is 978. The van der Waals surface area contributed by atoms with E-state index < -0.39 is 27.3 Å². The van der Waals surface area contributed by atoms with Gasteiger partial charge in [-0.15, -0.1) is 0 Å². The molecule has 2 aromatic carbocycles.